The number of hydrazone groups is 1. The summed E-state index contributed by atoms with van der Waals surface area (Å²) in [4.78, 5) is 11.6. The van der Waals surface area contributed by atoms with Crippen molar-refractivity contribution in [2.24, 2.45) is 5.10 Å². The molecule has 0 atom stereocenters. The third-order valence-corrected chi connectivity index (χ3v) is 3.58. The van der Waals surface area contributed by atoms with Crippen LogP contribution < -0.4 is 10.2 Å². The van der Waals surface area contributed by atoms with Crippen molar-refractivity contribution in [3.8, 4) is 5.75 Å². The van der Waals surface area contributed by atoms with E-state index in [-0.39, 0.29) is 5.76 Å². The fraction of sp³-hybridized carbons (Fsp3) is 0.0526. The number of hydrogen-bond donors (Lipinski definition) is 1. The molecule has 1 heterocycles. The van der Waals surface area contributed by atoms with Crippen LogP contribution in [-0.2, 0) is 6.61 Å². The van der Waals surface area contributed by atoms with Gasteiger partial charge in [0.1, 0.15) is 12.4 Å². The molecule has 1 aromatic heterocycles. The summed E-state index contributed by atoms with van der Waals surface area (Å²) in [6, 6.07) is 18.1. The van der Waals surface area contributed by atoms with E-state index in [1.54, 1.807) is 18.3 Å². The summed E-state index contributed by atoms with van der Waals surface area (Å²) in [5.74, 6) is 0.555. The Bertz CT molecular complexity index is 841. The number of benzene rings is 2. The Morgan fingerprint density at radius 1 is 1.12 bits per heavy atom. The van der Waals surface area contributed by atoms with E-state index in [1.807, 2.05) is 48.5 Å². The molecule has 2 aromatic carbocycles. The normalized spacial score (nSPS) is 10.8. The van der Waals surface area contributed by atoms with Gasteiger partial charge in [-0.3, -0.25) is 4.79 Å². The van der Waals surface area contributed by atoms with Crippen LogP contribution in [0.1, 0.15) is 21.7 Å². The van der Waals surface area contributed by atoms with E-state index >= 15 is 0 Å². The highest BCUT2D eigenvalue weighted by Gasteiger charge is 2.05. The predicted octanol–water partition coefficient (Wildman–Crippen LogP) is 4.28. The Kier molecular flexibility index (Phi) is 5.49. The van der Waals surface area contributed by atoms with Crippen LogP contribution in [0.5, 0.6) is 5.75 Å². The molecule has 6 heteroatoms. The molecule has 0 aliphatic carbocycles. The van der Waals surface area contributed by atoms with Gasteiger partial charge in [-0.05, 0) is 59.7 Å². The zero-order valence-electron chi connectivity index (χ0n) is 13.2. The number of halogens is 1. The monoisotopic (exact) mass is 354 g/mol. The lowest BCUT2D eigenvalue weighted by Crippen LogP contribution is -2.16. The smallest absolute Gasteiger partial charge is 0.307 e. The second-order valence-electron chi connectivity index (χ2n) is 5.16. The highest BCUT2D eigenvalue weighted by molar-refractivity contribution is 6.30. The van der Waals surface area contributed by atoms with Crippen molar-refractivity contribution in [2.75, 3.05) is 0 Å². The van der Waals surface area contributed by atoms with Gasteiger partial charge in [0.2, 0.25) is 0 Å². The van der Waals surface area contributed by atoms with E-state index in [9.17, 15) is 4.79 Å². The summed E-state index contributed by atoms with van der Waals surface area (Å²) >= 11 is 5.85. The molecule has 0 unspecified atom stereocenters. The summed E-state index contributed by atoms with van der Waals surface area (Å²) in [6.07, 6.45) is 2.98. The van der Waals surface area contributed by atoms with E-state index in [1.165, 1.54) is 6.26 Å². The lowest BCUT2D eigenvalue weighted by Gasteiger charge is -2.06. The summed E-state index contributed by atoms with van der Waals surface area (Å²) in [6.45, 7) is 0.462. The summed E-state index contributed by atoms with van der Waals surface area (Å²) in [5.41, 5.74) is 4.26. The maximum absolute atomic E-state index is 11.6. The molecule has 0 fully saturated rings. The quantitative estimate of drug-likeness (QED) is 0.531. The van der Waals surface area contributed by atoms with Crippen LogP contribution in [0.25, 0.3) is 0 Å². The van der Waals surface area contributed by atoms with E-state index in [4.69, 9.17) is 20.8 Å². The molecule has 0 bridgehead atoms. The minimum absolute atomic E-state index is 0.211. The number of nitrogens with one attached hydrogen (secondary N) is 1. The average Bonchev–Trinajstić information content (AvgIpc) is 3.17. The van der Waals surface area contributed by atoms with E-state index in [0.717, 1.165) is 16.9 Å². The fourth-order valence-corrected chi connectivity index (χ4v) is 2.15. The topological polar surface area (TPSA) is 63.8 Å². The molecule has 0 spiro atoms. The van der Waals surface area contributed by atoms with Crippen LogP contribution in [-0.4, -0.2) is 12.1 Å². The third kappa shape index (κ3) is 4.96. The van der Waals surface area contributed by atoms with Gasteiger partial charge in [-0.15, -0.1) is 0 Å². The van der Waals surface area contributed by atoms with Gasteiger partial charge in [-0.1, -0.05) is 23.7 Å². The summed E-state index contributed by atoms with van der Waals surface area (Å²) in [7, 11) is 0. The minimum Gasteiger partial charge on any atom is -0.489 e. The maximum atomic E-state index is 11.6. The van der Waals surface area contributed by atoms with Crippen LogP contribution in [0.3, 0.4) is 0 Å². The highest BCUT2D eigenvalue weighted by atomic mass is 35.5. The molecule has 5 nitrogen and oxygen atoms in total. The van der Waals surface area contributed by atoms with Crippen LogP contribution in [0.2, 0.25) is 5.02 Å². The molecule has 0 aliphatic heterocycles. The van der Waals surface area contributed by atoms with E-state index < -0.39 is 5.91 Å². The van der Waals surface area contributed by atoms with Crippen molar-refractivity contribution in [2.45, 2.75) is 6.61 Å². The van der Waals surface area contributed by atoms with Gasteiger partial charge in [0.15, 0.2) is 5.76 Å². The van der Waals surface area contributed by atoms with Gasteiger partial charge >= 0.3 is 5.91 Å². The van der Waals surface area contributed by atoms with Crippen molar-refractivity contribution in [3.05, 3.63) is 88.8 Å². The van der Waals surface area contributed by atoms with Crippen LogP contribution in [0.4, 0.5) is 0 Å². The molecule has 3 rings (SSSR count). The Labute approximate surface area is 149 Å². The molecule has 0 saturated heterocycles. The van der Waals surface area contributed by atoms with Crippen LogP contribution in [0.15, 0.2) is 76.4 Å². The summed E-state index contributed by atoms with van der Waals surface area (Å²) < 4.78 is 10.7. The molecular formula is C19H15ClN2O3. The zero-order valence-corrected chi connectivity index (χ0v) is 13.9. The molecule has 25 heavy (non-hydrogen) atoms. The van der Waals surface area contributed by atoms with Crippen LogP contribution in [0, 0.1) is 0 Å². The molecule has 0 saturated carbocycles. The number of hydrogen-bond acceptors (Lipinski definition) is 4. The molecule has 1 amide bonds. The van der Waals surface area contributed by atoms with Gasteiger partial charge in [-0.2, -0.15) is 5.10 Å². The van der Waals surface area contributed by atoms with Gasteiger partial charge in [0.25, 0.3) is 0 Å². The van der Waals surface area contributed by atoms with Gasteiger partial charge < -0.3 is 9.15 Å². The Morgan fingerprint density at radius 3 is 2.56 bits per heavy atom. The fourth-order valence-electron chi connectivity index (χ4n) is 2.03. The van der Waals surface area contributed by atoms with Crippen molar-refractivity contribution in [3.63, 3.8) is 0 Å². The third-order valence-electron chi connectivity index (χ3n) is 3.32. The lowest BCUT2D eigenvalue weighted by atomic mass is 10.2. The zero-order chi connectivity index (χ0) is 17.5. The highest BCUT2D eigenvalue weighted by Crippen LogP contribution is 2.15. The van der Waals surface area contributed by atoms with E-state index in [2.05, 4.69) is 10.5 Å². The molecule has 0 aliphatic rings. The van der Waals surface area contributed by atoms with Crippen molar-refractivity contribution in [1.82, 2.24) is 5.43 Å². The number of ether oxygens (including phenoxy) is 1. The molecule has 0 radical (unpaired) electrons. The predicted molar refractivity (Wildman–Crippen MR) is 96.0 cm³/mol. The molecular weight excluding hydrogens is 340 g/mol. The first-order chi connectivity index (χ1) is 12.2. The van der Waals surface area contributed by atoms with Crippen molar-refractivity contribution < 1.29 is 13.9 Å². The van der Waals surface area contributed by atoms with Gasteiger partial charge in [0, 0.05) is 5.02 Å². The number of carbonyl (C=O) groups excluding carboxylic acids is 1. The number of carbonyl (C=O) groups is 1. The summed E-state index contributed by atoms with van der Waals surface area (Å²) in [5, 5.41) is 4.59. The number of amides is 1. The molecule has 1 N–H and O–H groups in total. The number of furan rings is 1. The Balaban J connectivity index is 1.50. The van der Waals surface area contributed by atoms with Gasteiger partial charge in [-0.25, -0.2) is 5.43 Å². The standard InChI is InChI=1S/C19H15ClN2O3/c20-16-7-3-15(4-8-16)13-25-17-9-5-14(6-10-17)12-21-22-19(23)18-2-1-11-24-18/h1-12H,13H2,(H,22,23). The Hall–Kier alpha value is -3.05. The SMILES string of the molecule is O=C(NN=Cc1ccc(OCc2ccc(Cl)cc2)cc1)c1ccco1. The van der Waals surface area contributed by atoms with Gasteiger partial charge in [0.05, 0.1) is 12.5 Å². The lowest BCUT2D eigenvalue weighted by molar-refractivity contribution is 0.0927. The second-order valence-corrected chi connectivity index (χ2v) is 5.60. The first kappa shape index (κ1) is 16.8. The van der Waals surface area contributed by atoms with Crippen LogP contribution >= 0.6 is 11.6 Å². The average molecular weight is 355 g/mol. The maximum Gasteiger partial charge on any atom is 0.307 e. The number of rotatable bonds is 6. The first-order valence-corrected chi connectivity index (χ1v) is 7.93. The molecule has 3 aromatic rings. The Morgan fingerprint density at radius 2 is 1.88 bits per heavy atom. The van der Waals surface area contributed by atoms with Crippen molar-refractivity contribution in [1.29, 1.82) is 0 Å². The molecule has 126 valence electrons. The first-order valence-electron chi connectivity index (χ1n) is 7.55. The second kappa shape index (κ2) is 8.17. The largest absolute Gasteiger partial charge is 0.489 e. The van der Waals surface area contributed by atoms with E-state index in [0.29, 0.717) is 11.6 Å². The minimum atomic E-state index is -0.399. The number of nitrogens with zero attached hydrogens (tertiary/aromatic N) is 1. The van der Waals surface area contributed by atoms with Crippen molar-refractivity contribution >= 4 is 23.7 Å².